The molecular formula is C13H13NO4. The number of aromatic nitrogens is 1. The van der Waals surface area contributed by atoms with Crippen molar-refractivity contribution < 1.29 is 19.8 Å². The summed E-state index contributed by atoms with van der Waals surface area (Å²) in [6, 6.07) is 3.49. The van der Waals surface area contributed by atoms with Gasteiger partial charge in [-0.1, -0.05) is 6.07 Å². The zero-order valence-corrected chi connectivity index (χ0v) is 9.67. The maximum Gasteiger partial charge on any atom is 0.332 e. The standard InChI is InChI=1S/C13H13NO4/c15-11(16)7-10(13(17)18)6-9-2-1-5-14-12(9)8-3-4-8/h1-2,5-6,8H,3-4,7H2,(H,15,16)(H,17,18). The summed E-state index contributed by atoms with van der Waals surface area (Å²) in [7, 11) is 0. The van der Waals surface area contributed by atoms with Crippen molar-refractivity contribution in [2.45, 2.75) is 25.2 Å². The van der Waals surface area contributed by atoms with Gasteiger partial charge in [-0.25, -0.2) is 4.79 Å². The Kier molecular flexibility index (Phi) is 3.41. The molecule has 1 aliphatic carbocycles. The third-order valence-electron chi connectivity index (χ3n) is 2.78. The Labute approximate surface area is 104 Å². The van der Waals surface area contributed by atoms with Crippen LogP contribution in [0.2, 0.25) is 0 Å². The summed E-state index contributed by atoms with van der Waals surface area (Å²) in [4.78, 5) is 25.8. The van der Waals surface area contributed by atoms with E-state index in [2.05, 4.69) is 4.98 Å². The minimum absolute atomic E-state index is 0.127. The van der Waals surface area contributed by atoms with Crippen molar-refractivity contribution in [1.82, 2.24) is 4.98 Å². The molecule has 0 spiro atoms. The van der Waals surface area contributed by atoms with Crippen molar-refractivity contribution in [1.29, 1.82) is 0 Å². The molecule has 18 heavy (non-hydrogen) atoms. The van der Waals surface area contributed by atoms with Crippen molar-refractivity contribution in [3.05, 3.63) is 35.2 Å². The molecule has 0 aliphatic heterocycles. The van der Waals surface area contributed by atoms with Gasteiger partial charge in [-0.05, 0) is 30.5 Å². The topological polar surface area (TPSA) is 87.5 Å². The van der Waals surface area contributed by atoms with Crippen molar-refractivity contribution >= 4 is 18.0 Å². The number of aliphatic carboxylic acids is 2. The number of rotatable bonds is 5. The summed E-state index contributed by atoms with van der Waals surface area (Å²) in [5.41, 5.74) is 1.44. The fourth-order valence-corrected chi connectivity index (χ4v) is 1.79. The third kappa shape index (κ3) is 2.94. The van der Waals surface area contributed by atoms with E-state index in [4.69, 9.17) is 10.2 Å². The van der Waals surface area contributed by atoms with E-state index in [0.29, 0.717) is 11.5 Å². The highest BCUT2D eigenvalue weighted by molar-refractivity contribution is 5.96. The Bertz CT molecular complexity index is 517. The first-order valence-corrected chi connectivity index (χ1v) is 5.68. The van der Waals surface area contributed by atoms with Crippen LogP contribution in [-0.2, 0) is 9.59 Å². The first-order chi connectivity index (χ1) is 8.58. The van der Waals surface area contributed by atoms with Crippen LogP contribution in [0.15, 0.2) is 23.9 Å². The predicted molar refractivity (Wildman–Crippen MR) is 64.1 cm³/mol. The number of hydrogen-bond acceptors (Lipinski definition) is 3. The molecule has 1 aliphatic rings. The number of pyridine rings is 1. The number of carboxylic acids is 2. The van der Waals surface area contributed by atoms with E-state index in [1.54, 1.807) is 18.3 Å². The van der Waals surface area contributed by atoms with Crippen LogP contribution in [0.1, 0.15) is 36.4 Å². The van der Waals surface area contributed by atoms with Gasteiger partial charge in [-0.2, -0.15) is 0 Å². The predicted octanol–water partition coefficient (Wildman–Crippen LogP) is 1.90. The van der Waals surface area contributed by atoms with Crippen molar-refractivity contribution in [2.24, 2.45) is 0 Å². The fraction of sp³-hybridized carbons (Fsp3) is 0.308. The molecule has 0 unspecified atom stereocenters. The van der Waals surface area contributed by atoms with Crippen LogP contribution in [0.3, 0.4) is 0 Å². The molecule has 94 valence electrons. The largest absolute Gasteiger partial charge is 0.481 e. The van der Waals surface area contributed by atoms with Gasteiger partial charge in [0.05, 0.1) is 12.1 Å². The normalized spacial score (nSPS) is 15.4. The second-order valence-electron chi connectivity index (χ2n) is 4.30. The Morgan fingerprint density at radius 3 is 2.67 bits per heavy atom. The molecule has 0 atom stereocenters. The van der Waals surface area contributed by atoms with Gasteiger partial charge in [0, 0.05) is 17.7 Å². The van der Waals surface area contributed by atoms with Gasteiger partial charge in [0.25, 0.3) is 0 Å². The molecule has 0 aromatic carbocycles. The number of hydrogen-bond donors (Lipinski definition) is 2. The monoisotopic (exact) mass is 247 g/mol. The zero-order valence-electron chi connectivity index (χ0n) is 9.67. The third-order valence-corrected chi connectivity index (χ3v) is 2.78. The second-order valence-corrected chi connectivity index (χ2v) is 4.30. The number of nitrogens with zero attached hydrogens (tertiary/aromatic N) is 1. The van der Waals surface area contributed by atoms with E-state index in [1.807, 2.05) is 0 Å². The minimum Gasteiger partial charge on any atom is -0.481 e. The van der Waals surface area contributed by atoms with E-state index in [9.17, 15) is 9.59 Å². The quantitative estimate of drug-likeness (QED) is 0.776. The van der Waals surface area contributed by atoms with Crippen LogP contribution in [0.25, 0.3) is 6.08 Å². The van der Waals surface area contributed by atoms with Gasteiger partial charge in [0.15, 0.2) is 0 Å². The Balaban J connectivity index is 2.34. The summed E-state index contributed by atoms with van der Waals surface area (Å²) in [6.45, 7) is 0. The highest BCUT2D eigenvalue weighted by Crippen LogP contribution is 2.40. The summed E-state index contributed by atoms with van der Waals surface area (Å²) in [5.74, 6) is -1.97. The second kappa shape index (κ2) is 5.00. The molecule has 1 aromatic heterocycles. The highest BCUT2D eigenvalue weighted by Gasteiger charge is 2.27. The zero-order chi connectivity index (χ0) is 13.1. The smallest absolute Gasteiger partial charge is 0.332 e. The lowest BCUT2D eigenvalue weighted by atomic mass is 10.0. The lowest BCUT2D eigenvalue weighted by Gasteiger charge is -2.04. The van der Waals surface area contributed by atoms with E-state index >= 15 is 0 Å². The lowest BCUT2D eigenvalue weighted by Crippen LogP contribution is -2.07. The molecule has 0 bridgehead atoms. The highest BCUT2D eigenvalue weighted by atomic mass is 16.4. The first-order valence-electron chi connectivity index (χ1n) is 5.68. The van der Waals surface area contributed by atoms with Crippen LogP contribution < -0.4 is 0 Å². The van der Waals surface area contributed by atoms with Crippen LogP contribution in [0, 0.1) is 0 Å². The molecule has 1 aromatic rings. The average Bonchev–Trinajstić information content (AvgIpc) is 3.12. The molecule has 1 saturated carbocycles. The van der Waals surface area contributed by atoms with Gasteiger partial charge in [-0.3, -0.25) is 9.78 Å². The molecule has 2 rings (SSSR count). The number of carbonyl (C=O) groups is 2. The molecule has 2 N–H and O–H groups in total. The van der Waals surface area contributed by atoms with E-state index < -0.39 is 18.4 Å². The maximum absolute atomic E-state index is 11.0. The van der Waals surface area contributed by atoms with Crippen molar-refractivity contribution in [2.75, 3.05) is 0 Å². The lowest BCUT2D eigenvalue weighted by molar-refractivity contribution is -0.139. The SMILES string of the molecule is O=C(O)CC(=Cc1cccnc1C1CC1)C(=O)O. The van der Waals surface area contributed by atoms with Gasteiger partial charge < -0.3 is 10.2 Å². The fourth-order valence-electron chi connectivity index (χ4n) is 1.79. The summed E-state index contributed by atoms with van der Waals surface area (Å²) < 4.78 is 0. The van der Waals surface area contributed by atoms with Crippen LogP contribution in [-0.4, -0.2) is 27.1 Å². The molecular weight excluding hydrogens is 234 g/mol. The molecule has 1 fully saturated rings. The van der Waals surface area contributed by atoms with E-state index in [0.717, 1.165) is 18.5 Å². The summed E-state index contributed by atoms with van der Waals surface area (Å²) >= 11 is 0. The van der Waals surface area contributed by atoms with Crippen molar-refractivity contribution in [3.8, 4) is 0 Å². The van der Waals surface area contributed by atoms with Gasteiger partial charge in [0.1, 0.15) is 0 Å². The van der Waals surface area contributed by atoms with Gasteiger partial charge in [0.2, 0.25) is 0 Å². The molecule has 0 amide bonds. The van der Waals surface area contributed by atoms with E-state index in [1.165, 1.54) is 6.08 Å². The van der Waals surface area contributed by atoms with Gasteiger partial charge in [-0.15, -0.1) is 0 Å². The van der Waals surface area contributed by atoms with Crippen LogP contribution in [0.5, 0.6) is 0 Å². The van der Waals surface area contributed by atoms with E-state index in [-0.39, 0.29) is 5.57 Å². The summed E-state index contributed by atoms with van der Waals surface area (Å²) in [6.07, 6.45) is 4.70. The average molecular weight is 247 g/mol. The Morgan fingerprint density at radius 2 is 2.11 bits per heavy atom. The molecule has 5 nitrogen and oxygen atoms in total. The van der Waals surface area contributed by atoms with Crippen LogP contribution >= 0.6 is 0 Å². The number of carboxylic acid groups (broad SMARTS) is 2. The summed E-state index contributed by atoms with van der Waals surface area (Å²) in [5, 5.41) is 17.7. The van der Waals surface area contributed by atoms with Crippen molar-refractivity contribution in [3.63, 3.8) is 0 Å². The first kappa shape index (κ1) is 12.3. The van der Waals surface area contributed by atoms with Crippen LogP contribution in [0.4, 0.5) is 0 Å². The Morgan fingerprint density at radius 1 is 1.39 bits per heavy atom. The maximum atomic E-state index is 11.0. The van der Waals surface area contributed by atoms with Gasteiger partial charge >= 0.3 is 11.9 Å². The molecule has 0 saturated heterocycles. The Hall–Kier alpha value is -2.17. The minimum atomic E-state index is -1.21. The molecule has 1 heterocycles. The molecule has 5 heteroatoms. The molecule has 0 radical (unpaired) electrons.